The minimum absolute atomic E-state index is 0.0204. The minimum Gasteiger partial charge on any atom is -0.390 e. The van der Waals surface area contributed by atoms with E-state index in [9.17, 15) is 14.7 Å². The van der Waals surface area contributed by atoms with E-state index < -0.39 is 12.1 Å². The van der Waals surface area contributed by atoms with Gasteiger partial charge in [0.05, 0.1) is 23.3 Å². The van der Waals surface area contributed by atoms with Gasteiger partial charge in [0.2, 0.25) is 0 Å². The van der Waals surface area contributed by atoms with Crippen molar-refractivity contribution in [1.82, 2.24) is 4.90 Å². The maximum Gasteiger partial charge on any atom is 0.261 e. The maximum atomic E-state index is 12.6. The Morgan fingerprint density at radius 2 is 1.46 bits per heavy atom. The number of thioether (sulfide) groups is 1. The van der Waals surface area contributed by atoms with Gasteiger partial charge in [0.1, 0.15) is 0 Å². The number of hydrogen-bond donors (Lipinski definition) is 2. The lowest BCUT2D eigenvalue weighted by Crippen LogP contribution is -2.50. The van der Waals surface area contributed by atoms with Gasteiger partial charge in [-0.05, 0) is 24.3 Å². The van der Waals surface area contributed by atoms with Gasteiger partial charge in [-0.2, -0.15) is 0 Å². The SMILES string of the molecule is CC.NC[C@H](O)C(CSc1ccccc1)N1C(=O)c2ccccc2C1=O. The van der Waals surface area contributed by atoms with Crippen LogP contribution in [0, 0.1) is 0 Å². The van der Waals surface area contributed by atoms with Crippen LogP contribution in [0.5, 0.6) is 0 Å². The molecule has 1 aliphatic rings. The molecule has 138 valence electrons. The molecule has 2 amide bonds. The molecule has 2 atom stereocenters. The average Bonchev–Trinajstić information content (AvgIpc) is 2.95. The maximum absolute atomic E-state index is 12.6. The number of rotatable bonds is 6. The Morgan fingerprint density at radius 1 is 0.962 bits per heavy atom. The summed E-state index contributed by atoms with van der Waals surface area (Å²) in [5.74, 6) is -0.364. The van der Waals surface area contributed by atoms with E-state index in [2.05, 4.69) is 0 Å². The Kier molecular flexibility index (Phi) is 7.38. The van der Waals surface area contributed by atoms with Crippen molar-refractivity contribution >= 4 is 23.6 Å². The van der Waals surface area contributed by atoms with Crippen molar-refractivity contribution in [2.24, 2.45) is 5.73 Å². The minimum atomic E-state index is -0.969. The van der Waals surface area contributed by atoms with Crippen molar-refractivity contribution < 1.29 is 14.7 Å². The number of imide groups is 1. The molecular weight excluding hydrogens is 348 g/mol. The molecule has 6 heteroatoms. The van der Waals surface area contributed by atoms with E-state index in [-0.39, 0.29) is 18.4 Å². The summed E-state index contributed by atoms with van der Waals surface area (Å²) in [5.41, 5.74) is 6.35. The highest BCUT2D eigenvalue weighted by atomic mass is 32.2. The van der Waals surface area contributed by atoms with Crippen LogP contribution in [-0.2, 0) is 0 Å². The fourth-order valence-electron chi connectivity index (χ4n) is 2.72. The van der Waals surface area contributed by atoms with Gasteiger partial charge in [-0.15, -0.1) is 11.8 Å². The molecule has 5 nitrogen and oxygen atoms in total. The highest BCUT2D eigenvalue weighted by Gasteiger charge is 2.41. The Hall–Kier alpha value is -2.15. The molecule has 0 fully saturated rings. The third-order valence-corrected chi connectivity index (χ3v) is 5.12. The van der Waals surface area contributed by atoms with E-state index in [1.165, 1.54) is 11.8 Å². The van der Waals surface area contributed by atoms with Gasteiger partial charge < -0.3 is 10.8 Å². The van der Waals surface area contributed by atoms with Crippen LogP contribution in [0.3, 0.4) is 0 Å². The molecule has 0 bridgehead atoms. The zero-order valence-corrected chi connectivity index (χ0v) is 15.8. The molecular formula is C20H24N2O3S. The number of nitrogens with zero attached hydrogens (tertiary/aromatic N) is 1. The highest BCUT2D eigenvalue weighted by Crippen LogP contribution is 2.28. The van der Waals surface area contributed by atoms with Crippen molar-refractivity contribution in [3.63, 3.8) is 0 Å². The van der Waals surface area contributed by atoms with E-state index in [1.807, 2.05) is 44.2 Å². The van der Waals surface area contributed by atoms with Gasteiger partial charge in [0.25, 0.3) is 11.8 Å². The van der Waals surface area contributed by atoms with Gasteiger partial charge in [0.15, 0.2) is 0 Å². The summed E-state index contributed by atoms with van der Waals surface area (Å²) in [6, 6.07) is 15.7. The zero-order valence-electron chi connectivity index (χ0n) is 15.0. The summed E-state index contributed by atoms with van der Waals surface area (Å²) < 4.78 is 0. The van der Waals surface area contributed by atoms with Crippen LogP contribution in [0.15, 0.2) is 59.5 Å². The Labute approximate surface area is 158 Å². The van der Waals surface area contributed by atoms with Crippen LogP contribution in [-0.4, -0.2) is 46.3 Å². The van der Waals surface area contributed by atoms with Crippen molar-refractivity contribution in [1.29, 1.82) is 0 Å². The molecule has 26 heavy (non-hydrogen) atoms. The van der Waals surface area contributed by atoms with Gasteiger partial charge in [-0.1, -0.05) is 44.2 Å². The van der Waals surface area contributed by atoms with Crippen LogP contribution in [0.25, 0.3) is 0 Å². The van der Waals surface area contributed by atoms with E-state index in [0.29, 0.717) is 16.9 Å². The molecule has 0 saturated heterocycles. The number of fused-ring (bicyclic) bond motifs is 1. The molecule has 2 aromatic carbocycles. The molecule has 2 aromatic rings. The van der Waals surface area contributed by atoms with Crippen molar-refractivity contribution in [3.8, 4) is 0 Å². The molecule has 0 aromatic heterocycles. The lowest BCUT2D eigenvalue weighted by atomic mass is 10.1. The van der Waals surface area contributed by atoms with E-state index in [1.54, 1.807) is 24.3 Å². The van der Waals surface area contributed by atoms with Crippen molar-refractivity contribution in [2.75, 3.05) is 12.3 Å². The number of hydrogen-bond acceptors (Lipinski definition) is 5. The molecule has 0 spiro atoms. The molecule has 3 N–H and O–H groups in total. The quantitative estimate of drug-likeness (QED) is 0.602. The number of aliphatic hydroxyl groups is 1. The average molecular weight is 372 g/mol. The Bertz CT molecular complexity index is 717. The lowest BCUT2D eigenvalue weighted by molar-refractivity contribution is 0.0407. The van der Waals surface area contributed by atoms with E-state index in [0.717, 1.165) is 9.80 Å². The predicted octanol–water partition coefficient (Wildman–Crippen LogP) is 2.79. The first kappa shape index (κ1) is 20.2. The summed E-state index contributed by atoms with van der Waals surface area (Å²) >= 11 is 1.48. The normalized spacial score (nSPS) is 15.2. The largest absolute Gasteiger partial charge is 0.390 e. The second kappa shape index (κ2) is 9.52. The van der Waals surface area contributed by atoms with E-state index >= 15 is 0 Å². The van der Waals surface area contributed by atoms with Gasteiger partial charge >= 0.3 is 0 Å². The van der Waals surface area contributed by atoms with Gasteiger partial charge in [-0.3, -0.25) is 14.5 Å². The zero-order chi connectivity index (χ0) is 19.1. The summed E-state index contributed by atoms with van der Waals surface area (Å²) in [5, 5.41) is 10.3. The number of benzene rings is 2. The second-order valence-corrected chi connectivity index (χ2v) is 6.61. The van der Waals surface area contributed by atoms with Crippen LogP contribution in [0.2, 0.25) is 0 Å². The summed E-state index contributed by atoms with van der Waals surface area (Å²) in [6.45, 7) is 3.98. The standard InChI is InChI=1S/C18H18N2O3S.C2H6/c19-10-16(21)15(11-24-12-6-2-1-3-7-12)20-17(22)13-8-4-5-9-14(13)18(20)23;1-2/h1-9,15-16,21H,10-11,19H2;1-2H3/t15?,16-;/m0./s1. The third kappa shape index (κ3) is 4.15. The molecule has 0 aliphatic carbocycles. The predicted molar refractivity (Wildman–Crippen MR) is 104 cm³/mol. The van der Waals surface area contributed by atoms with Crippen molar-refractivity contribution in [3.05, 3.63) is 65.7 Å². The first-order chi connectivity index (χ1) is 12.6. The summed E-state index contributed by atoms with van der Waals surface area (Å²) in [7, 11) is 0. The smallest absolute Gasteiger partial charge is 0.261 e. The molecule has 1 heterocycles. The Balaban J connectivity index is 0.00000117. The monoisotopic (exact) mass is 372 g/mol. The fraction of sp³-hybridized carbons (Fsp3) is 0.300. The molecule has 1 aliphatic heterocycles. The molecule has 0 radical (unpaired) electrons. The number of nitrogens with two attached hydrogens (primary N) is 1. The van der Waals surface area contributed by atoms with Crippen molar-refractivity contribution in [2.45, 2.75) is 30.9 Å². The number of aliphatic hydroxyl groups excluding tert-OH is 1. The summed E-state index contributed by atoms with van der Waals surface area (Å²) in [6.07, 6.45) is -0.969. The summed E-state index contributed by atoms with van der Waals surface area (Å²) in [4.78, 5) is 27.4. The highest BCUT2D eigenvalue weighted by molar-refractivity contribution is 7.99. The van der Waals surface area contributed by atoms with Gasteiger partial charge in [-0.25, -0.2) is 0 Å². The van der Waals surface area contributed by atoms with Crippen LogP contribution in [0.4, 0.5) is 0 Å². The number of carbonyl (C=O) groups excluding carboxylic acids is 2. The van der Waals surface area contributed by atoms with E-state index in [4.69, 9.17) is 5.73 Å². The topological polar surface area (TPSA) is 83.6 Å². The van der Waals surface area contributed by atoms with Crippen LogP contribution >= 0.6 is 11.8 Å². The molecule has 1 unspecified atom stereocenters. The van der Waals surface area contributed by atoms with Gasteiger partial charge in [0, 0.05) is 17.2 Å². The molecule has 0 saturated carbocycles. The molecule has 3 rings (SSSR count). The number of amides is 2. The fourth-order valence-corrected chi connectivity index (χ4v) is 3.81. The van der Waals surface area contributed by atoms with Crippen LogP contribution < -0.4 is 5.73 Å². The third-order valence-electron chi connectivity index (χ3n) is 4.01. The first-order valence-corrected chi connectivity index (χ1v) is 9.65. The Morgan fingerprint density at radius 3 is 1.96 bits per heavy atom. The second-order valence-electron chi connectivity index (χ2n) is 5.52. The first-order valence-electron chi connectivity index (χ1n) is 8.66. The van der Waals surface area contributed by atoms with Crippen LogP contribution in [0.1, 0.15) is 34.6 Å². The lowest BCUT2D eigenvalue weighted by Gasteiger charge is -2.29. The number of carbonyl (C=O) groups is 2.